The van der Waals surface area contributed by atoms with E-state index in [-0.39, 0.29) is 18.0 Å². The van der Waals surface area contributed by atoms with E-state index in [0.29, 0.717) is 11.3 Å². The molecule has 0 saturated carbocycles. The summed E-state index contributed by atoms with van der Waals surface area (Å²) >= 11 is 0. The summed E-state index contributed by atoms with van der Waals surface area (Å²) in [5, 5.41) is 5.71. The third-order valence-corrected chi connectivity index (χ3v) is 3.35. The first-order chi connectivity index (χ1) is 12.3. The van der Waals surface area contributed by atoms with Gasteiger partial charge in [0.05, 0.1) is 12.1 Å². The van der Waals surface area contributed by atoms with Crippen molar-refractivity contribution in [2.75, 3.05) is 5.32 Å². The number of nitrogens with one attached hydrogen (secondary N) is 2. The summed E-state index contributed by atoms with van der Waals surface area (Å²) < 4.78 is 36.9. The van der Waals surface area contributed by atoms with Crippen molar-refractivity contribution in [1.29, 1.82) is 0 Å². The van der Waals surface area contributed by atoms with Crippen molar-refractivity contribution >= 4 is 23.2 Å². The molecule has 0 atom stereocenters. The first kappa shape index (κ1) is 19.2. The van der Waals surface area contributed by atoms with E-state index < -0.39 is 12.1 Å². The quantitative estimate of drug-likeness (QED) is 0.632. The molecule has 5 nitrogen and oxygen atoms in total. The molecule has 26 heavy (non-hydrogen) atoms. The van der Waals surface area contributed by atoms with Crippen LogP contribution in [0.1, 0.15) is 18.1 Å². The Morgan fingerprint density at radius 2 is 1.73 bits per heavy atom. The lowest BCUT2D eigenvalue weighted by atomic mass is 10.1. The normalized spacial score (nSPS) is 11.8. The highest BCUT2D eigenvalue weighted by Gasteiger charge is 2.38. The van der Waals surface area contributed by atoms with Gasteiger partial charge in [-0.2, -0.15) is 18.3 Å². The van der Waals surface area contributed by atoms with Gasteiger partial charge in [-0.3, -0.25) is 9.59 Å². The molecule has 0 bridgehead atoms. The zero-order valence-electron chi connectivity index (χ0n) is 13.8. The summed E-state index contributed by atoms with van der Waals surface area (Å²) in [7, 11) is 0. The van der Waals surface area contributed by atoms with E-state index in [1.807, 2.05) is 30.3 Å². The van der Waals surface area contributed by atoms with Gasteiger partial charge in [0.15, 0.2) is 0 Å². The van der Waals surface area contributed by atoms with Gasteiger partial charge in [0.25, 0.3) is 0 Å². The SMILES string of the molecule is C/C(=N\NC(=O)Cc1ccccc1)c1cccc(NC(=O)C(F)(F)F)c1. The van der Waals surface area contributed by atoms with Gasteiger partial charge in [-0.1, -0.05) is 42.5 Å². The molecule has 2 aromatic carbocycles. The minimum atomic E-state index is -4.97. The fourth-order valence-electron chi connectivity index (χ4n) is 2.06. The molecule has 0 aromatic heterocycles. The lowest BCUT2D eigenvalue weighted by Gasteiger charge is -2.09. The maximum Gasteiger partial charge on any atom is 0.471 e. The molecule has 0 aliphatic rings. The molecule has 0 unspecified atom stereocenters. The van der Waals surface area contributed by atoms with Crippen molar-refractivity contribution in [3.8, 4) is 0 Å². The molecule has 0 spiro atoms. The number of hydrogen-bond acceptors (Lipinski definition) is 3. The molecule has 0 radical (unpaired) electrons. The van der Waals surface area contributed by atoms with Gasteiger partial charge in [-0.05, 0) is 30.2 Å². The van der Waals surface area contributed by atoms with E-state index in [4.69, 9.17) is 0 Å². The Labute approximate surface area is 147 Å². The Hall–Kier alpha value is -3.16. The molecule has 2 amide bonds. The first-order valence-corrected chi connectivity index (χ1v) is 7.61. The zero-order valence-corrected chi connectivity index (χ0v) is 13.8. The van der Waals surface area contributed by atoms with E-state index in [2.05, 4.69) is 10.5 Å². The van der Waals surface area contributed by atoms with Crippen molar-refractivity contribution in [1.82, 2.24) is 5.43 Å². The first-order valence-electron chi connectivity index (χ1n) is 7.61. The molecule has 0 heterocycles. The molecule has 0 saturated heterocycles. The summed E-state index contributed by atoms with van der Waals surface area (Å²) in [6.45, 7) is 1.59. The van der Waals surface area contributed by atoms with Crippen LogP contribution >= 0.6 is 0 Å². The average Bonchev–Trinajstić information content (AvgIpc) is 2.60. The van der Waals surface area contributed by atoms with Gasteiger partial charge < -0.3 is 5.32 Å². The van der Waals surface area contributed by atoms with Crippen LogP contribution in [0.5, 0.6) is 0 Å². The Balaban J connectivity index is 2.01. The molecule has 8 heteroatoms. The molecule has 0 aliphatic heterocycles. The number of amides is 2. The standard InChI is InChI=1S/C18H16F3N3O2/c1-12(23-24-16(25)10-13-6-3-2-4-7-13)14-8-5-9-15(11-14)22-17(26)18(19,20)21/h2-9,11H,10H2,1H3,(H,22,26)(H,24,25)/b23-12+. The number of alkyl halides is 3. The van der Waals surface area contributed by atoms with Crippen LogP contribution in [0.15, 0.2) is 59.7 Å². The van der Waals surface area contributed by atoms with E-state index in [0.717, 1.165) is 5.56 Å². The maximum absolute atomic E-state index is 12.3. The van der Waals surface area contributed by atoms with E-state index in [1.54, 1.807) is 18.3 Å². The largest absolute Gasteiger partial charge is 0.471 e. The van der Waals surface area contributed by atoms with Crippen LogP contribution < -0.4 is 10.7 Å². The van der Waals surface area contributed by atoms with Crippen molar-refractivity contribution in [3.05, 3.63) is 65.7 Å². The predicted molar refractivity (Wildman–Crippen MR) is 91.6 cm³/mol. The van der Waals surface area contributed by atoms with Gasteiger partial charge in [-0.25, -0.2) is 5.43 Å². The van der Waals surface area contributed by atoms with Crippen molar-refractivity contribution < 1.29 is 22.8 Å². The molecule has 2 aromatic rings. The molecule has 0 fully saturated rings. The minimum Gasteiger partial charge on any atom is -0.318 e. The van der Waals surface area contributed by atoms with Crippen molar-refractivity contribution in [2.45, 2.75) is 19.5 Å². The van der Waals surface area contributed by atoms with Crippen molar-refractivity contribution in [2.24, 2.45) is 5.10 Å². The summed E-state index contributed by atoms with van der Waals surface area (Å²) in [6, 6.07) is 14.8. The van der Waals surface area contributed by atoms with Gasteiger partial charge >= 0.3 is 12.1 Å². The summed E-state index contributed by atoms with van der Waals surface area (Å²) in [4.78, 5) is 22.9. The number of nitrogens with zero attached hydrogens (tertiary/aromatic N) is 1. The molecule has 136 valence electrons. The van der Waals surface area contributed by atoms with Gasteiger partial charge in [0.2, 0.25) is 5.91 Å². The van der Waals surface area contributed by atoms with Crippen LogP contribution in [0.25, 0.3) is 0 Å². The summed E-state index contributed by atoms with van der Waals surface area (Å²) in [5.41, 5.74) is 4.05. The fourth-order valence-corrected chi connectivity index (χ4v) is 2.06. The highest BCUT2D eigenvalue weighted by Crippen LogP contribution is 2.19. The van der Waals surface area contributed by atoms with Crippen LogP contribution in [0.3, 0.4) is 0 Å². The number of anilines is 1. The molecular weight excluding hydrogens is 347 g/mol. The summed E-state index contributed by atoms with van der Waals surface area (Å²) in [6.07, 6.45) is -4.82. The van der Waals surface area contributed by atoms with Crippen LogP contribution in [-0.2, 0) is 16.0 Å². The van der Waals surface area contributed by atoms with Gasteiger partial charge in [0.1, 0.15) is 0 Å². The Morgan fingerprint density at radius 1 is 1.04 bits per heavy atom. The van der Waals surface area contributed by atoms with Crippen LogP contribution in [0.2, 0.25) is 0 Å². The number of carbonyl (C=O) groups is 2. The van der Waals surface area contributed by atoms with Crippen LogP contribution in [0, 0.1) is 0 Å². The molecule has 0 aliphatic carbocycles. The smallest absolute Gasteiger partial charge is 0.318 e. The molecular formula is C18H16F3N3O2. The lowest BCUT2D eigenvalue weighted by Crippen LogP contribution is -2.30. The van der Waals surface area contributed by atoms with E-state index in [1.165, 1.54) is 18.2 Å². The third-order valence-electron chi connectivity index (χ3n) is 3.35. The van der Waals surface area contributed by atoms with Crippen LogP contribution in [-0.4, -0.2) is 23.7 Å². The highest BCUT2D eigenvalue weighted by atomic mass is 19.4. The Bertz CT molecular complexity index is 818. The number of rotatable bonds is 5. The number of benzene rings is 2. The second-order valence-corrected chi connectivity index (χ2v) is 5.43. The van der Waals surface area contributed by atoms with Gasteiger partial charge in [-0.15, -0.1) is 0 Å². The number of hydrogen-bond donors (Lipinski definition) is 2. The Kier molecular flexibility index (Phi) is 6.11. The van der Waals surface area contributed by atoms with Crippen molar-refractivity contribution in [3.63, 3.8) is 0 Å². The predicted octanol–water partition coefficient (Wildman–Crippen LogP) is 3.27. The Morgan fingerprint density at radius 3 is 2.38 bits per heavy atom. The van der Waals surface area contributed by atoms with Gasteiger partial charge in [0, 0.05) is 5.69 Å². The fraction of sp³-hybridized carbons (Fsp3) is 0.167. The summed E-state index contributed by atoms with van der Waals surface area (Å²) in [5.74, 6) is -2.38. The van der Waals surface area contributed by atoms with E-state index >= 15 is 0 Å². The highest BCUT2D eigenvalue weighted by molar-refractivity contribution is 6.01. The average molecular weight is 363 g/mol. The second kappa shape index (κ2) is 8.28. The zero-order chi connectivity index (χ0) is 19.2. The number of halogens is 3. The lowest BCUT2D eigenvalue weighted by molar-refractivity contribution is -0.167. The number of hydrazone groups is 1. The maximum atomic E-state index is 12.3. The topological polar surface area (TPSA) is 70.6 Å². The second-order valence-electron chi connectivity index (χ2n) is 5.43. The van der Waals surface area contributed by atoms with E-state index in [9.17, 15) is 22.8 Å². The minimum absolute atomic E-state index is 0.0185. The molecule has 2 rings (SSSR count). The third kappa shape index (κ3) is 5.73. The molecule has 2 N–H and O–H groups in total. The van der Waals surface area contributed by atoms with Crippen LogP contribution in [0.4, 0.5) is 18.9 Å². The monoisotopic (exact) mass is 363 g/mol. The number of carbonyl (C=O) groups excluding carboxylic acids is 2.